The van der Waals surface area contributed by atoms with Crippen molar-refractivity contribution < 1.29 is 14.3 Å². The Balaban J connectivity index is 1.57. The standard InChI is InChI=1S/C18H19ClFN3O2/c19-14-1-2-15(16(20)11-14)17(24)18(25)23-9-7-22(8-10-23)12-13-3-5-21-6-4-13/h1-6,11,17,24H,7-10,12H2. The predicted molar refractivity (Wildman–Crippen MR) is 92.5 cm³/mol. The lowest BCUT2D eigenvalue weighted by molar-refractivity contribution is -0.142. The van der Waals surface area contributed by atoms with E-state index in [9.17, 15) is 14.3 Å². The van der Waals surface area contributed by atoms with E-state index in [-0.39, 0.29) is 10.6 Å². The van der Waals surface area contributed by atoms with Gasteiger partial charge in [-0.3, -0.25) is 14.7 Å². The van der Waals surface area contributed by atoms with Crippen molar-refractivity contribution in [1.29, 1.82) is 0 Å². The first kappa shape index (κ1) is 17.8. The van der Waals surface area contributed by atoms with E-state index in [0.717, 1.165) is 18.2 Å². The summed E-state index contributed by atoms with van der Waals surface area (Å²) in [5.41, 5.74) is 1.12. The van der Waals surface area contributed by atoms with Crippen LogP contribution in [0.2, 0.25) is 5.02 Å². The third-order valence-electron chi connectivity index (χ3n) is 4.33. The summed E-state index contributed by atoms with van der Waals surface area (Å²) < 4.78 is 13.9. The average Bonchev–Trinajstić information content (AvgIpc) is 2.62. The van der Waals surface area contributed by atoms with E-state index >= 15 is 0 Å². The average molecular weight is 364 g/mol. The van der Waals surface area contributed by atoms with Gasteiger partial charge in [-0.2, -0.15) is 0 Å². The summed E-state index contributed by atoms with van der Waals surface area (Å²) in [5, 5.41) is 10.4. The highest BCUT2D eigenvalue weighted by atomic mass is 35.5. The molecule has 0 spiro atoms. The smallest absolute Gasteiger partial charge is 0.256 e. The van der Waals surface area contributed by atoms with Crippen molar-refractivity contribution in [3.05, 3.63) is 64.7 Å². The minimum atomic E-state index is -1.51. The quantitative estimate of drug-likeness (QED) is 0.905. The molecule has 7 heteroatoms. The second kappa shape index (κ2) is 7.91. The number of pyridine rings is 1. The molecule has 1 fully saturated rings. The fraction of sp³-hybridized carbons (Fsp3) is 0.333. The highest BCUT2D eigenvalue weighted by molar-refractivity contribution is 6.30. The largest absolute Gasteiger partial charge is 0.378 e. The van der Waals surface area contributed by atoms with Crippen LogP contribution in [0.15, 0.2) is 42.7 Å². The Morgan fingerprint density at radius 1 is 1.20 bits per heavy atom. The summed E-state index contributed by atoms with van der Waals surface area (Å²) in [6.07, 6.45) is 2.00. The van der Waals surface area contributed by atoms with Crippen LogP contribution in [0.25, 0.3) is 0 Å². The zero-order valence-electron chi connectivity index (χ0n) is 13.6. The molecule has 3 rings (SSSR count). The van der Waals surface area contributed by atoms with Gasteiger partial charge in [0.1, 0.15) is 5.82 Å². The molecule has 2 aromatic rings. The normalized spacial score (nSPS) is 16.7. The Bertz CT molecular complexity index is 736. The summed E-state index contributed by atoms with van der Waals surface area (Å²) >= 11 is 5.71. The predicted octanol–water partition coefficient (Wildman–Crippen LogP) is 2.25. The van der Waals surface area contributed by atoms with Crippen LogP contribution in [0, 0.1) is 5.82 Å². The molecular weight excluding hydrogens is 345 g/mol. The molecule has 0 bridgehead atoms. The van der Waals surface area contributed by atoms with Crippen molar-refractivity contribution in [3.8, 4) is 0 Å². The number of amides is 1. The van der Waals surface area contributed by atoms with Crippen LogP contribution in [0.4, 0.5) is 4.39 Å². The molecule has 1 N–H and O–H groups in total. The lowest BCUT2D eigenvalue weighted by Gasteiger charge is -2.35. The molecule has 1 aliphatic rings. The summed E-state index contributed by atoms with van der Waals surface area (Å²) in [7, 11) is 0. The topological polar surface area (TPSA) is 56.7 Å². The first-order chi connectivity index (χ1) is 12.0. The summed E-state index contributed by atoms with van der Waals surface area (Å²) in [5.74, 6) is -1.16. The van der Waals surface area contributed by atoms with E-state index in [4.69, 9.17) is 11.6 Å². The highest BCUT2D eigenvalue weighted by Crippen LogP contribution is 2.23. The summed E-state index contributed by atoms with van der Waals surface area (Å²) in [6, 6.07) is 7.83. The van der Waals surface area contributed by atoms with E-state index in [2.05, 4.69) is 9.88 Å². The lowest BCUT2D eigenvalue weighted by Crippen LogP contribution is -2.49. The second-order valence-electron chi connectivity index (χ2n) is 6.03. The molecule has 25 heavy (non-hydrogen) atoms. The van der Waals surface area contributed by atoms with E-state index in [1.807, 2.05) is 12.1 Å². The molecule has 1 aliphatic heterocycles. The number of halogens is 2. The monoisotopic (exact) mass is 363 g/mol. The number of carbonyl (C=O) groups is 1. The maximum atomic E-state index is 13.9. The molecule has 132 valence electrons. The molecule has 1 amide bonds. The first-order valence-electron chi connectivity index (χ1n) is 8.07. The third-order valence-corrected chi connectivity index (χ3v) is 4.57. The summed E-state index contributed by atoms with van der Waals surface area (Å²) in [4.78, 5) is 20.2. The molecule has 5 nitrogen and oxygen atoms in total. The van der Waals surface area contributed by atoms with Crippen LogP contribution in [0.1, 0.15) is 17.2 Å². The molecule has 0 aliphatic carbocycles. The van der Waals surface area contributed by atoms with Gasteiger partial charge in [-0.1, -0.05) is 17.7 Å². The Morgan fingerprint density at radius 3 is 2.52 bits per heavy atom. The number of benzene rings is 1. The molecule has 2 heterocycles. The van der Waals surface area contributed by atoms with Crippen molar-refractivity contribution >= 4 is 17.5 Å². The number of piperazine rings is 1. The van der Waals surface area contributed by atoms with Crippen LogP contribution < -0.4 is 0 Å². The molecule has 1 unspecified atom stereocenters. The number of nitrogens with zero attached hydrogens (tertiary/aromatic N) is 3. The van der Waals surface area contributed by atoms with Gasteiger partial charge >= 0.3 is 0 Å². The molecule has 0 radical (unpaired) electrons. The summed E-state index contributed by atoms with van der Waals surface area (Å²) in [6.45, 7) is 3.18. The van der Waals surface area contributed by atoms with Crippen molar-refractivity contribution in [2.75, 3.05) is 26.2 Å². The van der Waals surface area contributed by atoms with Gasteiger partial charge in [0.15, 0.2) is 6.10 Å². The first-order valence-corrected chi connectivity index (χ1v) is 8.45. The Kier molecular flexibility index (Phi) is 5.63. The third kappa shape index (κ3) is 4.34. The number of aromatic nitrogens is 1. The van der Waals surface area contributed by atoms with Crippen LogP contribution in [-0.4, -0.2) is 52.0 Å². The SMILES string of the molecule is O=C(C(O)c1ccc(Cl)cc1F)N1CCN(Cc2ccncc2)CC1. The van der Waals surface area contributed by atoms with Gasteiger partial charge in [0.05, 0.1) is 0 Å². The van der Waals surface area contributed by atoms with Crippen molar-refractivity contribution in [3.63, 3.8) is 0 Å². The fourth-order valence-electron chi connectivity index (χ4n) is 2.90. The van der Waals surface area contributed by atoms with Crippen LogP contribution in [0.5, 0.6) is 0 Å². The van der Waals surface area contributed by atoms with Gasteiger partial charge < -0.3 is 10.0 Å². The maximum Gasteiger partial charge on any atom is 0.256 e. The van der Waals surface area contributed by atoms with Crippen LogP contribution in [0.3, 0.4) is 0 Å². The van der Waals surface area contributed by atoms with Crippen LogP contribution >= 0.6 is 11.6 Å². The van der Waals surface area contributed by atoms with Crippen LogP contribution in [-0.2, 0) is 11.3 Å². The zero-order chi connectivity index (χ0) is 17.8. The molecule has 1 aromatic heterocycles. The molecule has 1 aromatic carbocycles. The van der Waals surface area contributed by atoms with Crippen molar-refractivity contribution in [2.45, 2.75) is 12.6 Å². The lowest BCUT2D eigenvalue weighted by atomic mass is 10.1. The Labute approximate surface area is 150 Å². The number of hydrogen-bond acceptors (Lipinski definition) is 4. The van der Waals surface area contributed by atoms with Gasteiger partial charge in [0.2, 0.25) is 0 Å². The Morgan fingerprint density at radius 2 is 1.88 bits per heavy atom. The molecule has 1 atom stereocenters. The van der Waals surface area contributed by atoms with Crippen molar-refractivity contribution in [2.24, 2.45) is 0 Å². The number of hydrogen-bond donors (Lipinski definition) is 1. The fourth-order valence-corrected chi connectivity index (χ4v) is 3.06. The van der Waals surface area contributed by atoms with E-state index in [0.29, 0.717) is 26.2 Å². The minimum absolute atomic E-state index is 0.0476. The van der Waals surface area contributed by atoms with E-state index in [1.54, 1.807) is 17.3 Å². The number of aliphatic hydroxyl groups is 1. The number of carbonyl (C=O) groups excluding carboxylic acids is 1. The van der Waals surface area contributed by atoms with Gasteiger partial charge in [-0.05, 0) is 29.8 Å². The van der Waals surface area contributed by atoms with Gasteiger partial charge in [-0.25, -0.2) is 4.39 Å². The van der Waals surface area contributed by atoms with Gasteiger partial charge in [0.25, 0.3) is 5.91 Å². The van der Waals surface area contributed by atoms with Gasteiger partial charge in [0, 0.05) is 55.7 Å². The Hall–Kier alpha value is -2.02. The van der Waals surface area contributed by atoms with Gasteiger partial charge in [-0.15, -0.1) is 0 Å². The molecule has 0 saturated carbocycles. The maximum absolute atomic E-state index is 13.9. The number of aliphatic hydroxyl groups excluding tert-OH is 1. The second-order valence-corrected chi connectivity index (χ2v) is 6.46. The van der Waals surface area contributed by atoms with E-state index < -0.39 is 17.8 Å². The van der Waals surface area contributed by atoms with Crippen molar-refractivity contribution in [1.82, 2.24) is 14.8 Å². The zero-order valence-corrected chi connectivity index (χ0v) is 14.4. The minimum Gasteiger partial charge on any atom is -0.378 e. The molecular formula is C18H19ClFN3O2. The van der Waals surface area contributed by atoms with E-state index in [1.165, 1.54) is 12.1 Å². The molecule has 1 saturated heterocycles. The number of rotatable bonds is 4. The highest BCUT2D eigenvalue weighted by Gasteiger charge is 2.28.